The van der Waals surface area contributed by atoms with Crippen molar-refractivity contribution in [3.8, 4) is 0 Å². The van der Waals surface area contributed by atoms with Gasteiger partial charge >= 0.3 is 5.97 Å². The van der Waals surface area contributed by atoms with Crippen molar-refractivity contribution < 1.29 is 9.53 Å². The average molecular weight is 248 g/mol. The molecular weight excluding hydrogens is 228 g/mol. The molecule has 0 saturated heterocycles. The van der Waals surface area contributed by atoms with Gasteiger partial charge in [-0.1, -0.05) is 24.3 Å². The van der Waals surface area contributed by atoms with E-state index in [2.05, 4.69) is 22.8 Å². The molecule has 0 amide bonds. The standard InChI is InChI=1S/C14H20N2O2/c1-10(14(17)18-2)16-13-7-8-15-9-11-5-3-4-6-12(11)13/h3-6,10,13,15-16H,7-9H2,1-2H3. The first kappa shape index (κ1) is 13.1. The number of hydrogen-bond donors (Lipinski definition) is 2. The zero-order valence-electron chi connectivity index (χ0n) is 10.9. The fourth-order valence-electron chi connectivity index (χ4n) is 2.38. The zero-order chi connectivity index (χ0) is 13.0. The molecule has 0 fully saturated rings. The van der Waals surface area contributed by atoms with Crippen LogP contribution in [-0.4, -0.2) is 25.7 Å². The van der Waals surface area contributed by atoms with Gasteiger partial charge in [0.2, 0.25) is 0 Å². The van der Waals surface area contributed by atoms with Crippen LogP contribution >= 0.6 is 0 Å². The molecule has 18 heavy (non-hydrogen) atoms. The molecule has 4 heteroatoms. The van der Waals surface area contributed by atoms with E-state index >= 15 is 0 Å². The molecule has 2 rings (SSSR count). The van der Waals surface area contributed by atoms with Crippen LogP contribution in [0, 0.1) is 0 Å². The maximum Gasteiger partial charge on any atom is 0.322 e. The summed E-state index contributed by atoms with van der Waals surface area (Å²) in [5.74, 6) is -0.218. The molecule has 1 aliphatic rings. The zero-order valence-corrected chi connectivity index (χ0v) is 10.9. The van der Waals surface area contributed by atoms with Gasteiger partial charge in [0.1, 0.15) is 6.04 Å². The van der Waals surface area contributed by atoms with Crippen LogP contribution in [0.15, 0.2) is 24.3 Å². The molecule has 2 N–H and O–H groups in total. The SMILES string of the molecule is COC(=O)C(C)NC1CCNCc2ccccc21. The topological polar surface area (TPSA) is 50.4 Å². The maximum absolute atomic E-state index is 11.5. The van der Waals surface area contributed by atoms with E-state index in [1.807, 2.05) is 19.1 Å². The van der Waals surface area contributed by atoms with E-state index in [-0.39, 0.29) is 18.1 Å². The van der Waals surface area contributed by atoms with Gasteiger partial charge in [0.25, 0.3) is 0 Å². The lowest BCUT2D eigenvalue weighted by Gasteiger charge is -2.22. The third-order valence-electron chi connectivity index (χ3n) is 3.36. The van der Waals surface area contributed by atoms with E-state index < -0.39 is 0 Å². The molecule has 0 saturated carbocycles. The Hall–Kier alpha value is -1.39. The van der Waals surface area contributed by atoms with Gasteiger partial charge in [-0.2, -0.15) is 0 Å². The minimum Gasteiger partial charge on any atom is -0.468 e. The Bertz CT molecular complexity index is 420. The second-order valence-corrected chi connectivity index (χ2v) is 4.63. The normalized spacial score (nSPS) is 20.7. The van der Waals surface area contributed by atoms with E-state index in [4.69, 9.17) is 4.74 Å². The predicted molar refractivity (Wildman–Crippen MR) is 70.1 cm³/mol. The molecule has 1 aromatic rings. The van der Waals surface area contributed by atoms with Crippen LogP contribution in [0.2, 0.25) is 0 Å². The summed E-state index contributed by atoms with van der Waals surface area (Å²) in [5.41, 5.74) is 2.57. The molecular formula is C14H20N2O2. The molecule has 0 spiro atoms. The summed E-state index contributed by atoms with van der Waals surface area (Å²) < 4.78 is 4.76. The molecule has 0 aliphatic carbocycles. The summed E-state index contributed by atoms with van der Waals surface area (Å²) in [4.78, 5) is 11.5. The summed E-state index contributed by atoms with van der Waals surface area (Å²) >= 11 is 0. The number of carbonyl (C=O) groups is 1. The molecule has 1 aliphatic heterocycles. The van der Waals surface area contributed by atoms with Gasteiger partial charge in [-0.15, -0.1) is 0 Å². The summed E-state index contributed by atoms with van der Waals surface area (Å²) in [5, 5.41) is 6.74. The summed E-state index contributed by atoms with van der Waals surface area (Å²) in [6.07, 6.45) is 0.971. The second kappa shape index (κ2) is 5.98. The molecule has 0 radical (unpaired) electrons. The second-order valence-electron chi connectivity index (χ2n) is 4.63. The van der Waals surface area contributed by atoms with Gasteiger partial charge in [-0.05, 0) is 31.0 Å². The Morgan fingerprint density at radius 3 is 3.06 bits per heavy atom. The Balaban J connectivity index is 2.15. The van der Waals surface area contributed by atoms with Crippen molar-refractivity contribution in [1.82, 2.24) is 10.6 Å². The number of hydrogen-bond acceptors (Lipinski definition) is 4. The van der Waals surface area contributed by atoms with Crippen LogP contribution in [0.3, 0.4) is 0 Å². The highest BCUT2D eigenvalue weighted by Crippen LogP contribution is 2.23. The van der Waals surface area contributed by atoms with Crippen molar-refractivity contribution in [3.63, 3.8) is 0 Å². The Kier molecular flexibility index (Phi) is 4.33. The van der Waals surface area contributed by atoms with Gasteiger partial charge in [0.15, 0.2) is 0 Å². The van der Waals surface area contributed by atoms with Crippen LogP contribution in [0.1, 0.15) is 30.5 Å². The first-order valence-corrected chi connectivity index (χ1v) is 6.34. The van der Waals surface area contributed by atoms with Gasteiger partial charge < -0.3 is 10.1 Å². The van der Waals surface area contributed by atoms with E-state index in [1.54, 1.807) is 0 Å². The molecule has 0 bridgehead atoms. The van der Waals surface area contributed by atoms with Crippen LogP contribution in [0.4, 0.5) is 0 Å². The largest absolute Gasteiger partial charge is 0.468 e. The van der Waals surface area contributed by atoms with Crippen molar-refractivity contribution in [1.29, 1.82) is 0 Å². The first-order chi connectivity index (χ1) is 8.72. The van der Waals surface area contributed by atoms with Crippen molar-refractivity contribution in [2.75, 3.05) is 13.7 Å². The number of ether oxygens (including phenoxy) is 1. The lowest BCUT2D eigenvalue weighted by Crippen LogP contribution is -2.38. The summed E-state index contributed by atoms with van der Waals surface area (Å²) in [7, 11) is 1.42. The predicted octanol–water partition coefficient (Wildman–Crippen LogP) is 1.37. The first-order valence-electron chi connectivity index (χ1n) is 6.34. The third-order valence-corrected chi connectivity index (χ3v) is 3.36. The number of methoxy groups -OCH3 is 1. The van der Waals surface area contributed by atoms with Crippen molar-refractivity contribution in [2.24, 2.45) is 0 Å². The van der Waals surface area contributed by atoms with Gasteiger partial charge in [0, 0.05) is 12.6 Å². The number of esters is 1. The smallest absolute Gasteiger partial charge is 0.322 e. The number of fused-ring (bicyclic) bond motifs is 1. The van der Waals surface area contributed by atoms with Crippen molar-refractivity contribution in [2.45, 2.75) is 32.0 Å². The van der Waals surface area contributed by atoms with Crippen molar-refractivity contribution in [3.05, 3.63) is 35.4 Å². The van der Waals surface area contributed by atoms with E-state index in [1.165, 1.54) is 18.2 Å². The fraction of sp³-hybridized carbons (Fsp3) is 0.500. The highest BCUT2D eigenvalue weighted by Gasteiger charge is 2.22. The highest BCUT2D eigenvalue weighted by molar-refractivity contribution is 5.75. The van der Waals surface area contributed by atoms with Crippen LogP contribution in [0.5, 0.6) is 0 Å². The minimum absolute atomic E-state index is 0.199. The van der Waals surface area contributed by atoms with E-state index in [0.717, 1.165) is 19.5 Å². The molecule has 1 aromatic carbocycles. The molecule has 4 nitrogen and oxygen atoms in total. The number of nitrogens with one attached hydrogen (secondary N) is 2. The lowest BCUT2D eigenvalue weighted by atomic mass is 9.98. The lowest BCUT2D eigenvalue weighted by molar-refractivity contribution is -0.142. The molecule has 98 valence electrons. The van der Waals surface area contributed by atoms with Gasteiger partial charge in [-0.3, -0.25) is 10.1 Å². The average Bonchev–Trinajstić information content (AvgIpc) is 2.60. The molecule has 1 heterocycles. The van der Waals surface area contributed by atoms with Crippen LogP contribution < -0.4 is 10.6 Å². The monoisotopic (exact) mass is 248 g/mol. The molecule has 0 aromatic heterocycles. The maximum atomic E-state index is 11.5. The van der Waals surface area contributed by atoms with E-state index in [9.17, 15) is 4.79 Å². The van der Waals surface area contributed by atoms with Crippen LogP contribution in [-0.2, 0) is 16.1 Å². The number of carbonyl (C=O) groups excluding carboxylic acids is 1. The van der Waals surface area contributed by atoms with Crippen LogP contribution in [0.25, 0.3) is 0 Å². The molecule has 2 atom stereocenters. The molecule has 2 unspecified atom stereocenters. The van der Waals surface area contributed by atoms with Gasteiger partial charge in [0.05, 0.1) is 7.11 Å². The Labute approximate surface area is 108 Å². The van der Waals surface area contributed by atoms with E-state index in [0.29, 0.717) is 0 Å². The highest BCUT2D eigenvalue weighted by atomic mass is 16.5. The third kappa shape index (κ3) is 2.89. The number of rotatable bonds is 3. The minimum atomic E-state index is -0.286. The summed E-state index contributed by atoms with van der Waals surface area (Å²) in [6.45, 7) is 3.67. The van der Waals surface area contributed by atoms with Crippen molar-refractivity contribution >= 4 is 5.97 Å². The summed E-state index contributed by atoms with van der Waals surface area (Å²) in [6, 6.07) is 8.26. The Morgan fingerprint density at radius 1 is 1.50 bits per heavy atom. The fourth-order valence-corrected chi connectivity index (χ4v) is 2.38. The number of benzene rings is 1. The van der Waals surface area contributed by atoms with Gasteiger partial charge in [-0.25, -0.2) is 0 Å². The Morgan fingerprint density at radius 2 is 2.28 bits per heavy atom. The quantitative estimate of drug-likeness (QED) is 0.793.